The zero-order valence-electron chi connectivity index (χ0n) is 16.6. The normalized spacial score (nSPS) is 13.3. The molecule has 0 atom stereocenters. The highest BCUT2D eigenvalue weighted by Gasteiger charge is 2.23. The van der Waals surface area contributed by atoms with E-state index >= 15 is 0 Å². The third-order valence-corrected chi connectivity index (χ3v) is 5.55. The summed E-state index contributed by atoms with van der Waals surface area (Å²) in [6, 6.07) is 16.2. The Bertz CT molecular complexity index is 1010. The fraction of sp³-hybridized carbons (Fsp3) is 0.304. The van der Waals surface area contributed by atoms with Crippen LogP contribution in [0.4, 0.5) is 0 Å². The highest BCUT2D eigenvalue weighted by atomic mass is 16.5. The van der Waals surface area contributed by atoms with E-state index in [1.807, 2.05) is 65.9 Å². The van der Waals surface area contributed by atoms with Gasteiger partial charge < -0.3 is 9.64 Å². The van der Waals surface area contributed by atoms with E-state index < -0.39 is 0 Å². The molecule has 5 heteroatoms. The molecule has 1 aromatic heterocycles. The van der Waals surface area contributed by atoms with Crippen molar-refractivity contribution in [3.8, 4) is 11.4 Å². The molecule has 0 saturated carbocycles. The number of amides is 1. The summed E-state index contributed by atoms with van der Waals surface area (Å²) in [4.78, 5) is 15.0. The third-order valence-electron chi connectivity index (χ3n) is 5.55. The summed E-state index contributed by atoms with van der Waals surface area (Å²) in [5, 5.41) is 4.67. The van der Waals surface area contributed by atoms with Crippen LogP contribution < -0.4 is 4.74 Å². The number of ether oxygens (including phenoxy) is 1. The maximum absolute atomic E-state index is 13.0. The molecule has 0 N–H and O–H groups in total. The lowest BCUT2D eigenvalue weighted by molar-refractivity contribution is -0.131. The van der Waals surface area contributed by atoms with Crippen LogP contribution >= 0.6 is 0 Å². The van der Waals surface area contributed by atoms with Crippen molar-refractivity contribution in [1.29, 1.82) is 0 Å². The van der Waals surface area contributed by atoms with Crippen LogP contribution in [0.5, 0.6) is 5.75 Å². The molecule has 4 rings (SSSR count). The Balaban J connectivity index is 1.54. The average Bonchev–Trinajstić information content (AvgIpc) is 3.01. The van der Waals surface area contributed by atoms with Crippen LogP contribution in [0.25, 0.3) is 5.69 Å². The van der Waals surface area contributed by atoms with Gasteiger partial charge in [0, 0.05) is 24.3 Å². The third kappa shape index (κ3) is 3.40. The summed E-state index contributed by atoms with van der Waals surface area (Å²) in [6.45, 7) is 5.40. The Labute approximate surface area is 165 Å². The second-order valence-corrected chi connectivity index (χ2v) is 7.27. The molecule has 0 unspecified atom stereocenters. The second kappa shape index (κ2) is 7.50. The van der Waals surface area contributed by atoms with Gasteiger partial charge in [0.05, 0.1) is 24.9 Å². The Hall–Kier alpha value is -3.08. The largest absolute Gasteiger partial charge is 0.497 e. The second-order valence-electron chi connectivity index (χ2n) is 7.27. The molecule has 0 radical (unpaired) electrons. The quantitative estimate of drug-likeness (QED) is 0.700. The van der Waals surface area contributed by atoms with E-state index in [0.717, 1.165) is 41.4 Å². The number of aromatic nitrogens is 2. The van der Waals surface area contributed by atoms with Gasteiger partial charge in [0.2, 0.25) is 5.91 Å². The maximum atomic E-state index is 13.0. The highest BCUT2D eigenvalue weighted by Crippen LogP contribution is 2.25. The maximum Gasteiger partial charge on any atom is 0.227 e. The predicted molar refractivity (Wildman–Crippen MR) is 109 cm³/mol. The number of carbonyl (C=O) groups excluding carboxylic acids is 1. The van der Waals surface area contributed by atoms with Gasteiger partial charge in [-0.3, -0.25) is 4.79 Å². The lowest BCUT2D eigenvalue weighted by Gasteiger charge is -2.29. The van der Waals surface area contributed by atoms with Crippen molar-refractivity contribution in [3.05, 3.63) is 76.6 Å². The first-order valence-corrected chi connectivity index (χ1v) is 9.61. The fourth-order valence-electron chi connectivity index (χ4n) is 3.89. The van der Waals surface area contributed by atoms with E-state index in [1.54, 1.807) is 7.11 Å². The van der Waals surface area contributed by atoms with Crippen LogP contribution in [-0.4, -0.2) is 34.2 Å². The highest BCUT2D eigenvalue weighted by molar-refractivity contribution is 5.79. The van der Waals surface area contributed by atoms with Gasteiger partial charge in [-0.15, -0.1) is 0 Å². The molecule has 2 heterocycles. The monoisotopic (exact) mass is 375 g/mol. The molecule has 1 amide bonds. The van der Waals surface area contributed by atoms with E-state index in [4.69, 9.17) is 4.74 Å². The van der Waals surface area contributed by atoms with Crippen LogP contribution in [0.15, 0.2) is 48.5 Å². The zero-order valence-corrected chi connectivity index (χ0v) is 16.6. The molecule has 2 aromatic carbocycles. The average molecular weight is 375 g/mol. The number of rotatable bonds is 4. The van der Waals surface area contributed by atoms with Gasteiger partial charge in [0.25, 0.3) is 0 Å². The summed E-state index contributed by atoms with van der Waals surface area (Å²) in [7, 11) is 1.67. The molecule has 0 spiro atoms. The van der Waals surface area contributed by atoms with Crippen molar-refractivity contribution >= 4 is 5.91 Å². The molecule has 0 bridgehead atoms. The van der Waals surface area contributed by atoms with Crippen LogP contribution in [0.1, 0.15) is 28.1 Å². The van der Waals surface area contributed by atoms with E-state index in [2.05, 4.69) is 11.2 Å². The topological polar surface area (TPSA) is 47.4 Å². The van der Waals surface area contributed by atoms with Gasteiger partial charge in [-0.2, -0.15) is 5.10 Å². The lowest BCUT2D eigenvalue weighted by atomic mass is 9.98. The van der Waals surface area contributed by atoms with Crippen LogP contribution in [0.3, 0.4) is 0 Å². The number of carbonyl (C=O) groups is 1. The smallest absolute Gasteiger partial charge is 0.227 e. The van der Waals surface area contributed by atoms with Crippen molar-refractivity contribution in [3.63, 3.8) is 0 Å². The first-order chi connectivity index (χ1) is 13.6. The van der Waals surface area contributed by atoms with Gasteiger partial charge >= 0.3 is 0 Å². The van der Waals surface area contributed by atoms with Crippen LogP contribution in [0.2, 0.25) is 0 Å². The summed E-state index contributed by atoms with van der Waals surface area (Å²) >= 11 is 0. The minimum Gasteiger partial charge on any atom is -0.497 e. The van der Waals surface area contributed by atoms with Gasteiger partial charge in [-0.1, -0.05) is 24.3 Å². The minimum atomic E-state index is 0.146. The Kier molecular flexibility index (Phi) is 4.90. The van der Waals surface area contributed by atoms with E-state index in [1.165, 1.54) is 11.1 Å². The molecule has 0 fully saturated rings. The molecular formula is C23H25N3O2. The molecule has 28 heavy (non-hydrogen) atoms. The summed E-state index contributed by atoms with van der Waals surface area (Å²) < 4.78 is 7.26. The number of para-hydroxylation sites is 1. The molecule has 0 saturated heterocycles. The first kappa shape index (κ1) is 18.3. The number of fused-ring (bicyclic) bond motifs is 1. The number of aryl methyl sites for hydroxylation is 1. The van der Waals surface area contributed by atoms with Crippen molar-refractivity contribution in [2.75, 3.05) is 13.7 Å². The SMILES string of the molecule is COc1ccc2c(c1)CN(C(=O)Cc1c(C)nn(-c3ccccc3)c1C)CC2. The number of hydrogen-bond acceptors (Lipinski definition) is 3. The first-order valence-electron chi connectivity index (χ1n) is 9.61. The molecule has 1 aliphatic rings. The minimum absolute atomic E-state index is 0.146. The Morgan fingerprint density at radius 3 is 2.64 bits per heavy atom. The van der Waals surface area contributed by atoms with E-state index in [9.17, 15) is 4.79 Å². The van der Waals surface area contributed by atoms with Crippen molar-refractivity contribution in [2.45, 2.75) is 33.2 Å². The van der Waals surface area contributed by atoms with Crippen molar-refractivity contribution < 1.29 is 9.53 Å². The van der Waals surface area contributed by atoms with Crippen LogP contribution in [0, 0.1) is 13.8 Å². The predicted octanol–water partition coefficient (Wildman–Crippen LogP) is 3.63. The van der Waals surface area contributed by atoms with Crippen LogP contribution in [-0.2, 0) is 24.2 Å². The molecule has 144 valence electrons. The molecule has 5 nitrogen and oxygen atoms in total. The number of methoxy groups -OCH3 is 1. The molecule has 1 aliphatic heterocycles. The van der Waals surface area contributed by atoms with Gasteiger partial charge in [-0.05, 0) is 55.7 Å². The molecule has 3 aromatic rings. The summed E-state index contributed by atoms with van der Waals surface area (Å²) in [5.74, 6) is 0.983. The van der Waals surface area contributed by atoms with E-state index in [0.29, 0.717) is 13.0 Å². The van der Waals surface area contributed by atoms with E-state index in [-0.39, 0.29) is 5.91 Å². The van der Waals surface area contributed by atoms with Gasteiger partial charge in [-0.25, -0.2) is 4.68 Å². The zero-order chi connectivity index (χ0) is 19.7. The van der Waals surface area contributed by atoms with Gasteiger partial charge in [0.15, 0.2) is 0 Å². The lowest BCUT2D eigenvalue weighted by Crippen LogP contribution is -2.37. The van der Waals surface area contributed by atoms with Crippen molar-refractivity contribution in [1.82, 2.24) is 14.7 Å². The van der Waals surface area contributed by atoms with Gasteiger partial charge in [0.1, 0.15) is 5.75 Å². The number of benzene rings is 2. The van der Waals surface area contributed by atoms with Crippen molar-refractivity contribution in [2.24, 2.45) is 0 Å². The molecular weight excluding hydrogens is 350 g/mol. The molecule has 0 aliphatic carbocycles. The Morgan fingerprint density at radius 2 is 1.89 bits per heavy atom. The number of nitrogens with zero attached hydrogens (tertiary/aromatic N) is 3. The Morgan fingerprint density at radius 1 is 1.11 bits per heavy atom. The number of hydrogen-bond donors (Lipinski definition) is 0. The standard InChI is InChI=1S/C23H25N3O2/c1-16-22(17(2)26(24-16)20-7-5-4-6-8-20)14-23(27)25-12-11-18-9-10-21(28-3)13-19(18)15-25/h4-10,13H,11-12,14-15H2,1-3H3. The summed E-state index contributed by atoms with van der Waals surface area (Å²) in [6.07, 6.45) is 1.26. The fourth-order valence-corrected chi connectivity index (χ4v) is 3.89. The summed E-state index contributed by atoms with van der Waals surface area (Å²) in [5.41, 5.74) is 6.44.